The molecule has 3 nitrogen and oxygen atoms in total. The van der Waals surface area contributed by atoms with Crippen LogP contribution in [-0.4, -0.2) is 43.4 Å². The summed E-state index contributed by atoms with van der Waals surface area (Å²) in [4.78, 5) is 2.32. The molecule has 1 fully saturated rings. The van der Waals surface area contributed by atoms with Crippen molar-refractivity contribution < 1.29 is 0 Å². The van der Waals surface area contributed by atoms with Crippen LogP contribution in [0.1, 0.15) is 12.8 Å². The van der Waals surface area contributed by atoms with Gasteiger partial charge < -0.3 is 15.5 Å². The summed E-state index contributed by atoms with van der Waals surface area (Å²) in [5, 5.41) is 6.48. The average Bonchev–Trinajstić information content (AvgIpc) is 2.77. The smallest absolute Gasteiger partial charge is 0.0680 e. The Morgan fingerprint density at radius 1 is 1.44 bits per heavy atom. The van der Waals surface area contributed by atoms with Crippen LogP contribution in [-0.2, 0) is 0 Å². The van der Waals surface area contributed by atoms with Crippen LogP contribution in [0, 0.1) is 0 Å². The van der Waals surface area contributed by atoms with Crippen molar-refractivity contribution in [2.24, 2.45) is 0 Å². The van der Waals surface area contributed by atoms with Crippen LogP contribution in [0.15, 0.2) is 24.6 Å². The number of hydrogen-bond donors (Lipinski definition) is 3. The first-order valence-electron chi connectivity index (χ1n) is 5.83. The molecule has 0 radical (unpaired) electrons. The van der Waals surface area contributed by atoms with Gasteiger partial charge >= 0.3 is 0 Å². The number of thiol groups is 1. The Balaban J connectivity index is 2.44. The fraction of sp³-hybridized carbons (Fsp3) is 0.667. The van der Waals surface area contributed by atoms with E-state index in [-0.39, 0.29) is 0 Å². The van der Waals surface area contributed by atoms with Gasteiger partial charge in [-0.25, -0.2) is 0 Å². The summed E-state index contributed by atoms with van der Waals surface area (Å²) in [7, 11) is 1.95. The van der Waals surface area contributed by atoms with Crippen LogP contribution in [0.5, 0.6) is 0 Å². The van der Waals surface area contributed by atoms with Crippen LogP contribution in [0.4, 0.5) is 0 Å². The summed E-state index contributed by atoms with van der Waals surface area (Å²) < 4.78 is 0. The van der Waals surface area contributed by atoms with Crippen LogP contribution < -0.4 is 10.6 Å². The van der Waals surface area contributed by atoms with Gasteiger partial charge in [-0.2, -0.15) is 12.6 Å². The third-order valence-corrected chi connectivity index (χ3v) is 3.34. The molecule has 0 saturated carbocycles. The van der Waals surface area contributed by atoms with Gasteiger partial charge in [0, 0.05) is 36.8 Å². The van der Waals surface area contributed by atoms with Gasteiger partial charge in [0.1, 0.15) is 0 Å². The fourth-order valence-electron chi connectivity index (χ4n) is 2.06. The topological polar surface area (TPSA) is 27.3 Å². The number of likely N-dealkylation sites (tertiary alicyclic amines) is 1. The highest BCUT2D eigenvalue weighted by Gasteiger charge is 2.26. The molecule has 1 aliphatic heterocycles. The number of nitrogens with one attached hydrogen (secondary N) is 2. The third kappa shape index (κ3) is 3.46. The normalized spacial score (nSPS) is 19.9. The third-order valence-electron chi connectivity index (χ3n) is 2.97. The second-order valence-corrected chi connectivity index (χ2v) is 4.45. The van der Waals surface area contributed by atoms with E-state index in [0.29, 0.717) is 6.04 Å². The summed E-state index contributed by atoms with van der Waals surface area (Å²) in [6, 6.07) is 0.400. The van der Waals surface area contributed by atoms with Gasteiger partial charge in [-0.05, 0) is 19.9 Å². The average molecular weight is 241 g/mol. The summed E-state index contributed by atoms with van der Waals surface area (Å²) in [5.41, 5.74) is 2.21. The van der Waals surface area contributed by atoms with E-state index in [1.165, 1.54) is 6.42 Å². The Bertz CT molecular complexity index is 253. The fourth-order valence-corrected chi connectivity index (χ4v) is 2.25. The Labute approximate surface area is 104 Å². The van der Waals surface area contributed by atoms with Crippen molar-refractivity contribution in [2.75, 3.05) is 32.4 Å². The zero-order valence-corrected chi connectivity index (χ0v) is 11.0. The van der Waals surface area contributed by atoms with E-state index >= 15 is 0 Å². The lowest BCUT2D eigenvalue weighted by atomic mass is 10.1. The molecule has 0 aliphatic carbocycles. The van der Waals surface area contributed by atoms with Crippen molar-refractivity contribution in [3.05, 3.63) is 24.6 Å². The monoisotopic (exact) mass is 241 g/mol. The van der Waals surface area contributed by atoms with Crippen LogP contribution in [0.25, 0.3) is 0 Å². The van der Waals surface area contributed by atoms with Gasteiger partial charge in [0.05, 0.1) is 6.04 Å². The Morgan fingerprint density at radius 2 is 2.19 bits per heavy atom. The van der Waals surface area contributed by atoms with E-state index in [2.05, 4.69) is 41.3 Å². The highest BCUT2D eigenvalue weighted by Crippen LogP contribution is 2.25. The molecule has 0 aromatic rings. The van der Waals surface area contributed by atoms with Crippen molar-refractivity contribution >= 4 is 12.6 Å². The van der Waals surface area contributed by atoms with Crippen LogP contribution >= 0.6 is 12.6 Å². The number of rotatable bonds is 7. The first kappa shape index (κ1) is 13.5. The highest BCUT2D eigenvalue weighted by molar-refractivity contribution is 7.80. The van der Waals surface area contributed by atoms with E-state index in [4.69, 9.17) is 0 Å². The first-order valence-corrected chi connectivity index (χ1v) is 6.46. The largest absolute Gasteiger partial charge is 0.386 e. The predicted molar refractivity (Wildman–Crippen MR) is 73.8 cm³/mol. The molecule has 1 rings (SSSR count). The summed E-state index contributed by atoms with van der Waals surface area (Å²) in [5.74, 6) is 0.723. The van der Waals surface area contributed by atoms with Gasteiger partial charge in [0.2, 0.25) is 0 Å². The zero-order chi connectivity index (χ0) is 12.0. The second kappa shape index (κ2) is 6.86. The summed E-state index contributed by atoms with van der Waals surface area (Å²) in [6.07, 6.45) is 2.38. The van der Waals surface area contributed by atoms with E-state index in [1.54, 1.807) is 0 Å². The molecular weight excluding hydrogens is 218 g/mol. The molecule has 2 N–H and O–H groups in total. The molecule has 0 bridgehead atoms. The van der Waals surface area contributed by atoms with Crippen LogP contribution in [0.3, 0.4) is 0 Å². The van der Waals surface area contributed by atoms with E-state index in [9.17, 15) is 0 Å². The molecule has 0 aromatic carbocycles. The second-order valence-electron chi connectivity index (χ2n) is 4.13. The maximum Gasteiger partial charge on any atom is 0.0680 e. The number of hydrogen-bond acceptors (Lipinski definition) is 4. The molecule has 1 unspecified atom stereocenters. The van der Waals surface area contributed by atoms with Gasteiger partial charge in [-0.3, -0.25) is 0 Å². The lowest BCUT2D eigenvalue weighted by molar-refractivity contribution is 0.347. The highest BCUT2D eigenvalue weighted by atomic mass is 32.1. The Kier molecular flexibility index (Phi) is 5.77. The van der Waals surface area contributed by atoms with Crippen molar-refractivity contribution in [2.45, 2.75) is 18.9 Å². The quantitative estimate of drug-likeness (QED) is 0.462. The van der Waals surface area contributed by atoms with Crippen molar-refractivity contribution in [3.63, 3.8) is 0 Å². The first-order chi connectivity index (χ1) is 7.70. The van der Waals surface area contributed by atoms with Gasteiger partial charge in [-0.15, -0.1) is 0 Å². The molecule has 92 valence electrons. The van der Waals surface area contributed by atoms with Crippen molar-refractivity contribution in [1.82, 2.24) is 15.5 Å². The summed E-state index contributed by atoms with van der Waals surface area (Å²) in [6.45, 7) is 11.1. The molecule has 0 amide bonds. The molecule has 1 heterocycles. The Hall–Kier alpha value is -0.610. The molecule has 4 heteroatoms. The molecule has 1 atom stereocenters. The van der Waals surface area contributed by atoms with E-state index < -0.39 is 0 Å². The zero-order valence-electron chi connectivity index (χ0n) is 10.1. The molecule has 16 heavy (non-hydrogen) atoms. The minimum atomic E-state index is 0.400. The molecule has 0 aromatic heterocycles. The van der Waals surface area contributed by atoms with Gasteiger partial charge in [-0.1, -0.05) is 13.2 Å². The Morgan fingerprint density at radius 3 is 2.81 bits per heavy atom. The van der Waals surface area contributed by atoms with Crippen molar-refractivity contribution in [1.29, 1.82) is 0 Å². The lowest BCUT2D eigenvalue weighted by Gasteiger charge is -2.29. The maximum atomic E-state index is 4.28. The summed E-state index contributed by atoms with van der Waals surface area (Å²) >= 11 is 4.28. The molecule has 1 saturated heterocycles. The number of likely N-dealkylation sites (N-methyl/N-ethyl adjacent to an activating group) is 1. The minimum absolute atomic E-state index is 0.400. The minimum Gasteiger partial charge on any atom is -0.386 e. The molecule has 0 spiro atoms. The number of nitrogens with zero attached hydrogens (tertiary/aromatic N) is 1. The van der Waals surface area contributed by atoms with Crippen molar-refractivity contribution in [3.8, 4) is 0 Å². The van der Waals surface area contributed by atoms with Gasteiger partial charge in [0.15, 0.2) is 0 Å². The van der Waals surface area contributed by atoms with Gasteiger partial charge in [0.25, 0.3) is 0 Å². The molecule has 1 aliphatic rings. The predicted octanol–water partition coefficient (Wildman–Crippen LogP) is 1.22. The maximum absolute atomic E-state index is 4.28. The standard InChI is InChI=1S/C12H23N3S/c1-10(9-16)15-8-4-5-12(15)11(2)14-7-6-13-3/h12-14,16H,1-2,4-9H2,3H3. The van der Waals surface area contributed by atoms with E-state index in [0.717, 1.165) is 43.2 Å². The SMILES string of the molecule is C=C(NCCNC)C1CCCN1C(=C)CS. The van der Waals surface area contributed by atoms with E-state index in [1.807, 2.05) is 7.05 Å². The lowest BCUT2D eigenvalue weighted by Crippen LogP contribution is -2.37. The van der Waals surface area contributed by atoms with Crippen LogP contribution in [0.2, 0.25) is 0 Å². The molecular formula is C12H23N3S.